The Bertz CT molecular complexity index is 1200. The number of amides is 2. The average molecular weight is 446 g/mol. The second-order valence-electron chi connectivity index (χ2n) is 6.55. The van der Waals surface area contributed by atoms with Crippen LogP contribution in [0.2, 0.25) is 0 Å². The largest absolute Gasteiger partial charge is 0.488 e. The molecule has 0 spiro atoms. The van der Waals surface area contributed by atoms with Gasteiger partial charge in [-0.3, -0.25) is 14.9 Å². The molecule has 0 aromatic carbocycles. The third-order valence-corrected chi connectivity index (χ3v) is 5.51. The lowest BCUT2D eigenvalue weighted by atomic mass is 10.3. The summed E-state index contributed by atoms with van der Waals surface area (Å²) in [5.74, 6) is -1.53. The normalized spacial score (nSPS) is 16.0. The predicted molar refractivity (Wildman–Crippen MR) is 109 cm³/mol. The summed E-state index contributed by atoms with van der Waals surface area (Å²) in [6.07, 6.45) is 1.44. The van der Waals surface area contributed by atoms with Crippen molar-refractivity contribution in [3.8, 4) is 10.9 Å². The summed E-state index contributed by atoms with van der Waals surface area (Å²) in [6.45, 7) is 2.16. The lowest BCUT2D eigenvalue weighted by molar-refractivity contribution is -0.125. The van der Waals surface area contributed by atoms with Gasteiger partial charge in [0.1, 0.15) is 6.10 Å². The van der Waals surface area contributed by atoms with Gasteiger partial charge in [-0.25, -0.2) is 9.48 Å². The van der Waals surface area contributed by atoms with E-state index in [9.17, 15) is 14.4 Å². The van der Waals surface area contributed by atoms with Crippen molar-refractivity contribution in [3.63, 3.8) is 0 Å². The quantitative estimate of drug-likeness (QED) is 0.587. The second kappa shape index (κ2) is 8.28. The fourth-order valence-electron chi connectivity index (χ4n) is 3.16. The molecule has 0 unspecified atom stereocenters. The lowest BCUT2D eigenvalue weighted by Gasteiger charge is -2.18. The molecule has 0 bridgehead atoms. The Morgan fingerprint density at radius 1 is 1.32 bits per heavy atom. The minimum atomic E-state index is -0.885. The van der Waals surface area contributed by atoms with Crippen LogP contribution in [-0.2, 0) is 9.53 Å². The molecule has 4 heterocycles. The summed E-state index contributed by atoms with van der Waals surface area (Å²) in [7, 11) is 2.71. The molecule has 3 aromatic rings. The Balaban J connectivity index is 1.61. The van der Waals surface area contributed by atoms with Crippen LogP contribution >= 0.6 is 11.3 Å². The molecule has 1 aliphatic heterocycles. The van der Waals surface area contributed by atoms with Gasteiger partial charge in [0.15, 0.2) is 5.76 Å². The van der Waals surface area contributed by atoms with Crippen LogP contribution in [-0.4, -0.2) is 58.7 Å². The van der Waals surface area contributed by atoms with Crippen molar-refractivity contribution in [1.82, 2.24) is 20.0 Å². The van der Waals surface area contributed by atoms with Crippen LogP contribution in [0.3, 0.4) is 0 Å². The van der Waals surface area contributed by atoms with E-state index in [1.165, 1.54) is 25.2 Å². The molecule has 1 N–H and O–H groups in total. The zero-order chi connectivity index (χ0) is 22.1. The van der Waals surface area contributed by atoms with Gasteiger partial charge in [0.2, 0.25) is 16.0 Å². The topological polar surface area (TPSA) is 142 Å². The van der Waals surface area contributed by atoms with Crippen molar-refractivity contribution in [1.29, 1.82) is 0 Å². The van der Waals surface area contributed by atoms with Crippen LogP contribution in [0.15, 0.2) is 27.5 Å². The van der Waals surface area contributed by atoms with Crippen LogP contribution < -0.4 is 20.6 Å². The summed E-state index contributed by atoms with van der Waals surface area (Å²) < 4.78 is 16.9. The summed E-state index contributed by atoms with van der Waals surface area (Å²) >= 11 is 1.09. The molecular weight excluding hydrogens is 428 g/mol. The number of nitrogens with zero attached hydrogens (tertiary/aromatic N) is 5. The van der Waals surface area contributed by atoms with Crippen LogP contribution in [0.1, 0.15) is 22.7 Å². The molecule has 0 radical (unpaired) electrons. The zero-order valence-corrected chi connectivity index (χ0v) is 17.6. The highest BCUT2D eigenvalue weighted by Gasteiger charge is 2.35. The minimum Gasteiger partial charge on any atom is -0.488 e. The number of anilines is 2. The molecule has 162 valence electrons. The Morgan fingerprint density at radius 3 is 2.77 bits per heavy atom. The zero-order valence-electron chi connectivity index (χ0n) is 16.8. The van der Waals surface area contributed by atoms with E-state index in [4.69, 9.17) is 13.9 Å². The third-order valence-electron chi connectivity index (χ3n) is 4.70. The number of ether oxygens (including phenoxy) is 2. The maximum Gasteiger partial charge on any atom is 0.381 e. The minimum absolute atomic E-state index is 0.138. The van der Waals surface area contributed by atoms with Gasteiger partial charge in [-0.2, -0.15) is 5.10 Å². The van der Waals surface area contributed by atoms with Crippen LogP contribution in [0.25, 0.3) is 5.13 Å². The lowest BCUT2D eigenvalue weighted by Crippen LogP contribution is -2.31. The van der Waals surface area contributed by atoms with Gasteiger partial charge in [0.05, 0.1) is 12.8 Å². The van der Waals surface area contributed by atoms with E-state index in [0.717, 1.165) is 17.0 Å². The first-order valence-corrected chi connectivity index (χ1v) is 9.96. The summed E-state index contributed by atoms with van der Waals surface area (Å²) in [6, 6.07) is 3.09. The first-order chi connectivity index (χ1) is 14.9. The molecule has 1 fully saturated rings. The van der Waals surface area contributed by atoms with E-state index in [1.807, 2.05) is 6.92 Å². The van der Waals surface area contributed by atoms with Crippen LogP contribution in [0.5, 0.6) is 5.75 Å². The standard InChI is InChI=1S/C18H18N6O6S/c1-9-4-6-19-24(9)18-22-21-17(31-18)20-14(25)12-8-10(13(29-3)16(27)30-12)23-7-5-11(28-2)15(23)26/h4,6,8,11H,5,7H2,1-3H3,(H,20,21,25)/t11-/m1/s1. The highest BCUT2D eigenvalue weighted by Crippen LogP contribution is 2.31. The monoisotopic (exact) mass is 446 g/mol. The number of carbonyl (C=O) groups excluding carboxylic acids is 2. The Labute approximate surface area is 179 Å². The number of rotatable bonds is 6. The van der Waals surface area contributed by atoms with Gasteiger partial charge >= 0.3 is 5.63 Å². The molecule has 13 heteroatoms. The maximum absolute atomic E-state index is 12.7. The predicted octanol–water partition coefficient (Wildman–Crippen LogP) is 0.998. The van der Waals surface area contributed by atoms with E-state index in [1.54, 1.807) is 16.9 Å². The van der Waals surface area contributed by atoms with Gasteiger partial charge in [-0.15, -0.1) is 10.2 Å². The van der Waals surface area contributed by atoms with E-state index in [0.29, 0.717) is 18.1 Å². The third kappa shape index (κ3) is 3.80. The molecule has 31 heavy (non-hydrogen) atoms. The van der Waals surface area contributed by atoms with Gasteiger partial charge in [0.25, 0.3) is 11.8 Å². The average Bonchev–Trinajstić information content (AvgIpc) is 3.47. The smallest absolute Gasteiger partial charge is 0.381 e. The van der Waals surface area contributed by atoms with E-state index >= 15 is 0 Å². The summed E-state index contributed by atoms with van der Waals surface area (Å²) in [5.41, 5.74) is 0.104. The van der Waals surface area contributed by atoms with E-state index in [2.05, 4.69) is 20.6 Å². The van der Waals surface area contributed by atoms with Crippen molar-refractivity contribution in [2.24, 2.45) is 0 Å². The molecule has 3 aromatic heterocycles. The molecule has 1 atom stereocenters. The van der Waals surface area contributed by atoms with Crippen molar-refractivity contribution in [2.45, 2.75) is 19.4 Å². The molecule has 1 aliphatic rings. The molecule has 0 saturated carbocycles. The van der Waals surface area contributed by atoms with Gasteiger partial charge in [-0.05, 0) is 13.0 Å². The molecule has 0 aliphatic carbocycles. The van der Waals surface area contributed by atoms with Crippen LogP contribution in [0, 0.1) is 6.92 Å². The first kappa shape index (κ1) is 20.7. The first-order valence-electron chi connectivity index (χ1n) is 9.15. The van der Waals surface area contributed by atoms with Gasteiger partial charge in [0, 0.05) is 38.0 Å². The number of carbonyl (C=O) groups is 2. The molecule has 12 nitrogen and oxygen atoms in total. The van der Waals surface area contributed by atoms with Crippen molar-refractivity contribution in [2.75, 3.05) is 31.0 Å². The van der Waals surface area contributed by atoms with E-state index in [-0.39, 0.29) is 28.2 Å². The molecular formula is C18H18N6O6S. The van der Waals surface area contributed by atoms with Crippen molar-refractivity contribution >= 4 is 34.0 Å². The molecule has 2 amide bonds. The summed E-state index contributed by atoms with van der Waals surface area (Å²) in [4.78, 5) is 38.9. The summed E-state index contributed by atoms with van der Waals surface area (Å²) in [5, 5.41) is 15.2. The Morgan fingerprint density at radius 2 is 2.13 bits per heavy atom. The fourth-order valence-corrected chi connectivity index (χ4v) is 3.92. The highest BCUT2D eigenvalue weighted by atomic mass is 32.1. The fraction of sp³-hybridized carbons (Fsp3) is 0.333. The Hall–Kier alpha value is -3.58. The van der Waals surface area contributed by atoms with Crippen LogP contribution in [0.4, 0.5) is 10.8 Å². The maximum atomic E-state index is 12.7. The second-order valence-corrected chi connectivity index (χ2v) is 7.50. The van der Waals surface area contributed by atoms with Gasteiger partial charge < -0.3 is 18.8 Å². The van der Waals surface area contributed by atoms with Gasteiger partial charge in [-0.1, -0.05) is 11.3 Å². The number of nitrogens with one attached hydrogen (secondary N) is 1. The number of aromatic nitrogens is 4. The molecule has 1 saturated heterocycles. The number of hydrogen-bond donors (Lipinski definition) is 1. The Kier molecular flexibility index (Phi) is 5.52. The number of hydrogen-bond acceptors (Lipinski definition) is 10. The highest BCUT2D eigenvalue weighted by molar-refractivity contribution is 7.17. The SMILES string of the molecule is COc1c(N2CC[C@@H](OC)C2=O)cc(C(=O)Nc2nnc(-n3nccc3C)s2)oc1=O. The molecule has 4 rings (SSSR count). The van der Waals surface area contributed by atoms with E-state index < -0.39 is 17.6 Å². The van der Waals surface area contributed by atoms with Crippen molar-refractivity contribution < 1.29 is 23.5 Å². The number of methoxy groups -OCH3 is 2. The number of aryl methyl sites for hydroxylation is 1. The van der Waals surface area contributed by atoms with Crippen molar-refractivity contribution in [3.05, 3.63) is 40.2 Å².